The number of anilines is 1. The Labute approximate surface area is 146 Å². The van der Waals surface area contributed by atoms with Crippen LogP contribution in [0.4, 0.5) is 5.82 Å². The number of hydrogen-bond donors (Lipinski definition) is 2. The maximum absolute atomic E-state index is 12.6. The highest BCUT2D eigenvalue weighted by Crippen LogP contribution is 2.26. The zero-order chi connectivity index (χ0) is 18.0. The molecule has 1 aliphatic heterocycles. The van der Waals surface area contributed by atoms with Crippen LogP contribution in [-0.2, 0) is 10.0 Å². The van der Waals surface area contributed by atoms with Gasteiger partial charge in [-0.1, -0.05) is 18.6 Å². The van der Waals surface area contributed by atoms with Gasteiger partial charge in [0, 0.05) is 24.8 Å². The molecule has 1 fully saturated rings. The Balaban J connectivity index is 1.90. The van der Waals surface area contributed by atoms with Crippen molar-refractivity contribution in [3.63, 3.8) is 0 Å². The molecular weight excluding hydrogens is 342 g/mol. The summed E-state index contributed by atoms with van der Waals surface area (Å²) in [6.07, 6.45) is 4.29. The summed E-state index contributed by atoms with van der Waals surface area (Å²) in [5, 5.41) is 9.13. The quantitative estimate of drug-likeness (QED) is 0.863. The Morgan fingerprint density at radius 2 is 1.72 bits per heavy atom. The molecule has 0 amide bonds. The molecule has 1 aromatic carbocycles. The van der Waals surface area contributed by atoms with Crippen molar-refractivity contribution >= 4 is 21.8 Å². The molecule has 0 aliphatic carbocycles. The second-order valence-electron chi connectivity index (χ2n) is 5.95. The Hall–Kier alpha value is -2.45. The molecule has 0 spiro atoms. The monoisotopic (exact) mass is 361 g/mol. The lowest BCUT2D eigenvalue weighted by molar-refractivity contribution is 0.0697. The standard InChI is InChI=1S/C17H19N3O4S/c18-16-15(17(21)22)10-13(11-19-16)12-4-6-14(7-5-12)25(23,24)20-8-2-1-3-9-20/h4-7,10-11H,1-3,8-9H2,(H2,18,19)(H,21,22). The van der Waals surface area contributed by atoms with Crippen LogP contribution >= 0.6 is 0 Å². The number of aromatic nitrogens is 1. The lowest BCUT2D eigenvalue weighted by atomic mass is 10.1. The van der Waals surface area contributed by atoms with Gasteiger partial charge in [0.15, 0.2) is 0 Å². The normalized spacial score (nSPS) is 15.8. The number of nitrogens with two attached hydrogens (primary N) is 1. The topological polar surface area (TPSA) is 114 Å². The molecule has 0 atom stereocenters. The van der Waals surface area contributed by atoms with Crippen molar-refractivity contribution in [2.75, 3.05) is 18.8 Å². The van der Waals surface area contributed by atoms with Crippen LogP contribution < -0.4 is 5.73 Å². The molecule has 0 radical (unpaired) electrons. The molecule has 2 aromatic rings. The summed E-state index contributed by atoms with van der Waals surface area (Å²) in [7, 11) is -3.49. The molecule has 7 nitrogen and oxygen atoms in total. The van der Waals surface area contributed by atoms with Crippen LogP contribution in [-0.4, -0.2) is 41.9 Å². The first-order valence-electron chi connectivity index (χ1n) is 7.99. The average molecular weight is 361 g/mol. The number of aromatic carboxylic acids is 1. The molecule has 8 heteroatoms. The number of rotatable bonds is 4. The van der Waals surface area contributed by atoms with E-state index in [2.05, 4.69) is 4.98 Å². The first kappa shape index (κ1) is 17.4. The van der Waals surface area contributed by atoms with Crippen molar-refractivity contribution in [1.82, 2.24) is 9.29 Å². The minimum atomic E-state index is -3.49. The van der Waals surface area contributed by atoms with E-state index in [1.807, 2.05) is 0 Å². The summed E-state index contributed by atoms with van der Waals surface area (Å²) >= 11 is 0. The lowest BCUT2D eigenvalue weighted by Gasteiger charge is -2.25. The molecule has 1 aromatic heterocycles. The molecule has 3 N–H and O–H groups in total. The zero-order valence-electron chi connectivity index (χ0n) is 13.6. The molecule has 0 bridgehead atoms. The number of carboxylic acid groups (broad SMARTS) is 1. The number of nitrogens with zero attached hydrogens (tertiary/aromatic N) is 2. The van der Waals surface area contributed by atoms with Crippen molar-refractivity contribution in [2.45, 2.75) is 24.2 Å². The van der Waals surface area contributed by atoms with Gasteiger partial charge < -0.3 is 10.8 Å². The van der Waals surface area contributed by atoms with Crippen LogP contribution in [0.25, 0.3) is 11.1 Å². The van der Waals surface area contributed by atoms with E-state index >= 15 is 0 Å². The second-order valence-corrected chi connectivity index (χ2v) is 7.89. The third-order valence-corrected chi connectivity index (χ3v) is 6.20. The van der Waals surface area contributed by atoms with Gasteiger partial charge in [-0.25, -0.2) is 18.2 Å². The number of carbonyl (C=O) groups is 1. The third-order valence-electron chi connectivity index (χ3n) is 4.29. The van der Waals surface area contributed by atoms with Crippen LogP contribution in [0, 0.1) is 0 Å². The van der Waals surface area contributed by atoms with Crippen LogP contribution in [0.3, 0.4) is 0 Å². The summed E-state index contributed by atoms with van der Waals surface area (Å²) in [6.45, 7) is 1.10. The van der Waals surface area contributed by atoms with Gasteiger partial charge in [-0.05, 0) is 36.6 Å². The first-order chi connectivity index (χ1) is 11.9. The number of carboxylic acids is 1. The molecule has 2 heterocycles. The van der Waals surface area contributed by atoms with Gasteiger partial charge in [-0.15, -0.1) is 0 Å². The summed E-state index contributed by atoms with van der Waals surface area (Å²) in [5.74, 6) is -1.21. The van der Waals surface area contributed by atoms with E-state index in [0.29, 0.717) is 24.2 Å². The number of nitrogen functional groups attached to an aromatic ring is 1. The largest absolute Gasteiger partial charge is 0.478 e. The second kappa shape index (κ2) is 6.81. The summed E-state index contributed by atoms with van der Waals surface area (Å²) in [6, 6.07) is 7.80. The SMILES string of the molecule is Nc1ncc(-c2ccc(S(=O)(=O)N3CCCCC3)cc2)cc1C(=O)O. The van der Waals surface area contributed by atoms with Gasteiger partial charge >= 0.3 is 5.97 Å². The van der Waals surface area contributed by atoms with Crippen molar-refractivity contribution in [3.8, 4) is 11.1 Å². The highest BCUT2D eigenvalue weighted by atomic mass is 32.2. The van der Waals surface area contributed by atoms with Gasteiger partial charge in [-0.3, -0.25) is 0 Å². The fourth-order valence-corrected chi connectivity index (χ4v) is 4.40. The maximum Gasteiger partial charge on any atom is 0.339 e. The minimum absolute atomic E-state index is 0.0550. The molecule has 3 rings (SSSR count). The van der Waals surface area contributed by atoms with E-state index in [-0.39, 0.29) is 16.3 Å². The lowest BCUT2D eigenvalue weighted by Crippen LogP contribution is -2.35. The van der Waals surface area contributed by atoms with Crippen LogP contribution in [0.5, 0.6) is 0 Å². The van der Waals surface area contributed by atoms with E-state index in [1.165, 1.54) is 28.7 Å². The average Bonchev–Trinajstić information content (AvgIpc) is 2.63. The zero-order valence-corrected chi connectivity index (χ0v) is 14.4. The Morgan fingerprint density at radius 1 is 1.08 bits per heavy atom. The third kappa shape index (κ3) is 3.49. The number of pyridine rings is 1. The summed E-state index contributed by atoms with van der Waals surface area (Å²) < 4.78 is 26.8. The van der Waals surface area contributed by atoms with Gasteiger partial charge in [0.2, 0.25) is 10.0 Å². The van der Waals surface area contributed by atoms with Gasteiger partial charge in [0.1, 0.15) is 11.4 Å². The van der Waals surface area contributed by atoms with Gasteiger partial charge in [-0.2, -0.15) is 4.31 Å². The van der Waals surface area contributed by atoms with Crippen molar-refractivity contribution < 1.29 is 18.3 Å². The molecule has 0 saturated carbocycles. The highest BCUT2D eigenvalue weighted by molar-refractivity contribution is 7.89. The molecular formula is C17H19N3O4S. The van der Waals surface area contributed by atoms with E-state index < -0.39 is 16.0 Å². The number of sulfonamides is 1. The van der Waals surface area contributed by atoms with Crippen molar-refractivity contribution in [1.29, 1.82) is 0 Å². The Morgan fingerprint density at radius 3 is 2.32 bits per heavy atom. The molecule has 1 aliphatic rings. The predicted octanol–water partition coefficient (Wildman–Crippen LogP) is 2.20. The van der Waals surface area contributed by atoms with Gasteiger partial charge in [0.25, 0.3) is 0 Å². The van der Waals surface area contributed by atoms with E-state index in [4.69, 9.17) is 10.8 Å². The number of piperidine rings is 1. The van der Waals surface area contributed by atoms with E-state index in [9.17, 15) is 13.2 Å². The molecule has 0 unspecified atom stereocenters. The Bertz CT molecular complexity index is 889. The predicted molar refractivity (Wildman–Crippen MR) is 93.7 cm³/mol. The minimum Gasteiger partial charge on any atom is -0.478 e. The molecule has 132 valence electrons. The maximum atomic E-state index is 12.6. The van der Waals surface area contributed by atoms with Crippen LogP contribution in [0.15, 0.2) is 41.4 Å². The smallest absolute Gasteiger partial charge is 0.339 e. The number of benzene rings is 1. The number of hydrogen-bond acceptors (Lipinski definition) is 5. The first-order valence-corrected chi connectivity index (χ1v) is 9.43. The summed E-state index contributed by atoms with van der Waals surface area (Å²) in [5.41, 5.74) is 6.71. The molecule has 1 saturated heterocycles. The highest BCUT2D eigenvalue weighted by Gasteiger charge is 2.25. The summed E-state index contributed by atoms with van der Waals surface area (Å²) in [4.78, 5) is 15.3. The van der Waals surface area contributed by atoms with Crippen molar-refractivity contribution in [3.05, 3.63) is 42.1 Å². The van der Waals surface area contributed by atoms with Crippen molar-refractivity contribution in [2.24, 2.45) is 0 Å². The van der Waals surface area contributed by atoms with Gasteiger partial charge in [0.05, 0.1) is 4.90 Å². The fraction of sp³-hybridized carbons (Fsp3) is 0.294. The van der Waals surface area contributed by atoms with Crippen LogP contribution in [0.2, 0.25) is 0 Å². The Kier molecular flexibility index (Phi) is 4.73. The molecule has 25 heavy (non-hydrogen) atoms. The van der Waals surface area contributed by atoms with E-state index in [1.54, 1.807) is 12.1 Å². The van der Waals surface area contributed by atoms with E-state index in [0.717, 1.165) is 19.3 Å². The van der Waals surface area contributed by atoms with Crippen LogP contribution in [0.1, 0.15) is 29.6 Å². The fourth-order valence-electron chi connectivity index (χ4n) is 2.88.